The van der Waals surface area contributed by atoms with Crippen LogP contribution < -0.4 is 10.6 Å². The zero-order chi connectivity index (χ0) is 20.1. The van der Waals surface area contributed by atoms with Crippen LogP contribution in [0.4, 0.5) is 15.8 Å². The Labute approximate surface area is 170 Å². The second-order valence-corrected chi connectivity index (χ2v) is 7.40. The lowest BCUT2D eigenvalue weighted by atomic mass is 10.1. The number of carbonyl (C=O) groups is 1. The zero-order valence-corrected chi connectivity index (χ0v) is 17.0. The quantitative estimate of drug-likeness (QED) is 0.771. The third-order valence-corrected chi connectivity index (χ3v) is 5.23. The van der Waals surface area contributed by atoms with Crippen molar-refractivity contribution in [3.05, 3.63) is 59.4 Å². The number of amides is 1. The Hall–Kier alpha value is -2.51. The summed E-state index contributed by atoms with van der Waals surface area (Å²) in [5.74, 6) is -0.276. The number of aryl methyl sites for hydroxylation is 2. The van der Waals surface area contributed by atoms with E-state index >= 15 is 0 Å². The van der Waals surface area contributed by atoms with Crippen molar-refractivity contribution >= 4 is 34.6 Å². The minimum absolute atomic E-state index is 0.00198. The standard InChI is InChI=1S/C21H25FN4OS/c1-15-4-3-5-16(2)20(15)24-19(27)14-25-10-12-26(13-11-25)21(28)23-18-8-6-17(22)7-9-18/h3-9H,10-14H2,1-2H3,(H,23,28)(H,24,27). The van der Waals surface area contributed by atoms with Gasteiger partial charge in [-0.25, -0.2) is 4.39 Å². The number of hydrogen-bond donors (Lipinski definition) is 2. The van der Waals surface area contributed by atoms with Crippen molar-refractivity contribution in [2.24, 2.45) is 0 Å². The number of hydrogen-bond acceptors (Lipinski definition) is 3. The minimum atomic E-state index is -0.274. The largest absolute Gasteiger partial charge is 0.346 e. The van der Waals surface area contributed by atoms with Crippen molar-refractivity contribution in [3.63, 3.8) is 0 Å². The van der Waals surface area contributed by atoms with E-state index in [1.165, 1.54) is 12.1 Å². The first-order valence-corrected chi connectivity index (χ1v) is 9.73. The van der Waals surface area contributed by atoms with Gasteiger partial charge >= 0.3 is 0 Å². The zero-order valence-electron chi connectivity index (χ0n) is 16.2. The van der Waals surface area contributed by atoms with Crippen LogP contribution in [0.3, 0.4) is 0 Å². The lowest BCUT2D eigenvalue weighted by molar-refractivity contribution is -0.117. The van der Waals surface area contributed by atoms with E-state index in [-0.39, 0.29) is 11.7 Å². The average Bonchev–Trinajstić information content (AvgIpc) is 2.67. The topological polar surface area (TPSA) is 47.6 Å². The first kappa shape index (κ1) is 20.2. The van der Waals surface area contributed by atoms with Crippen molar-refractivity contribution in [1.82, 2.24) is 9.80 Å². The van der Waals surface area contributed by atoms with Crippen LogP contribution in [0.25, 0.3) is 0 Å². The highest BCUT2D eigenvalue weighted by molar-refractivity contribution is 7.80. The Morgan fingerprint density at radius 1 is 1.00 bits per heavy atom. The van der Waals surface area contributed by atoms with Crippen LogP contribution in [0.1, 0.15) is 11.1 Å². The number of thiocarbonyl (C=S) groups is 1. The molecule has 5 nitrogen and oxygen atoms in total. The smallest absolute Gasteiger partial charge is 0.238 e. The molecule has 0 spiro atoms. The number of rotatable bonds is 4. The maximum absolute atomic E-state index is 13.0. The summed E-state index contributed by atoms with van der Waals surface area (Å²) in [6.45, 7) is 7.34. The molecular formula is C21H25FN4OS. The molecule has 3 rings (SSSR count). The summed E-state index contributed by atoms with van der Waals surface area (Å²) in [5.41, 5.74) is 3.79. The van der Waals surface area contributed by atoms with Gasteiger partial charge in [0, 0.05) is 37.6 Å². The van der Waals surface area contributed by atoms with Gasteiger partial charge in [0.25, 0.3) is 0 Å². The predicted octanol–water partition coefficient (Wildman–Crippen LogP) is 3.40. The second-order valence-electron chi connectivity index (χ2n) is 7.02. The van der Waals surface area contributed by atoms with E-state index in [4.69, 9.17) is 12.2 Å². The maximum atomic E-state index is 13.0. The summed E-state index contributed by atoms with van der Waals surface area (Å²) in [6, 6.07) is 12.1. The third kappa shape index (κ3) is 5.27. The van der Waals surface area contributed by atoms with Crippen LogP contribution in [0.15, 0.2) is 42.5 Å². The molecule has 0 unspecified atom stereocenters. The van der Waals surface area contributed by atoms with Gasteiger partial charge in [0.2, 0.25) is 5.91 Å². The summed E-state index contributed by atoms with van der Waals surface area (Å²) < 4.78 is 13.0. The molecule has 2 aromatic rings. The fraction of sp³-hybridized carbons (Fsp3) is 0.333. The van der Waals surface area contributed by atoms with Gasteiger partial charge in [0.05, 0.1) is 6.54 Å². The summed E-state index contributed by atoms with van der Waals surface area (Å²) in [6.07, 6.45) is 0. The maximum Gasteiger partial charge on any atom is 0.238 e. The molecule has 0 bridgehead atoms. The average molecular weight is 401 g/mol. The Bertz CT molecular complexity index is 828. The summed E-state index contributed by atoms with van der Waals surface area (Å²) >= 11 is 5.45. The summed E-state index contributed by atoms with van der Waals surface area (Å²) in [7, 11) is 0. The van der Waals surface area contributed by atoms with E-state index in [2.05, 4.69) is 20.4 Å². The van der Waals surface area contributed by atoms with E-state index < -0.39 is 0 Å². The predicted molar refractivity (Wildman–Crippen MR) is 115 cm³/mol. The van der Waals surface area contributed by atoms with Gasteiger partial charge in [0.1, 0.15) is 5.82 Å². The second kappa shape index (κ2) is 9.12. The fourth-order valence-electron chi connectivity index (χ4n) is 3.24. The summed E-state index contributed by atoms with van der Waals surface area (Å²) in [5, 5.41) is 6.78. The molecule has 28 heavy (non-hydrogen) atoms. The molecule has 2 N–H and O–H groups in total. The number of para-hydroxylation sites is 1. The molecule has 0 aromatic heterocycles. The lowest BCUT2D eigenvalue weighted by Crippen LogP contribution is -2.51. The van der Waals surface area contributed by atoms with Gasteiger partial charge < -0.3 is 15.5 Å². The molecule has 1 fully saturated rings. The lowest BCUT2D eigenvalue weighted by Gasteiger charge is -2.35. The number of benzene rings is 2. The third-order valence-electron chi connectivity index (χ3n) is 4.87. The first-order valence-electron chi connectivity index (χ1n) is 9.32. The van der Waals surface area contributed by atoms with Crippen molar-refractivity contribution in [2.75, 3.05) is 43.4 Å². The molecule has 1 aliphatic heterocycles. The van der Waals surface area contributed by atoms with Crippen molar-refractivity contribution in [3.8, 4) is 0 Å². The highest BCUT2D eigenvalue weighted by atomic mass is 32.1. The highest BCUT2D eigenvalue weighted by Crippen LogP contribution is 2.19. The Morgan fingerprint density at radius 3 is 2.21 bits per heavy atom. The minimum Gasteiger partial charge on any atom is -0.346 e. The Balaban J connectivity index is 1.46. The normalized spacial score (nSPS) is 14.6. The van der Waals surface area contributed by atoms with Crippen LogP contribution in [0, 0.1) is 19.7 Å². The number of halogens is 1. The molecule has 0 radical (unpaired) electrons. The van der Waals surface area contributed by atoms with Crippen LogP contribution >= 0.6 is 12.2 Å². The van der Waals surface area contributed by atoms with Gasteiger partial charge in [-0.1, -0.05) is 18.2 Å². The SMILES string of the molecule is Cc1cccc(C)c1NC(=O)CN1CCN(C(=S)Nc2ccc(F)cc2)CC1. The van der Waals surface area contributed by atoms with E-state index in [9.17, 15) is 9.18 Å². The van der Waals surface area contributed by atoms with Gasteiger partial charge in [-0.05, 0) is 61.5 Å². The molecule has 7 heteroatoms. The molecule has 1 amide bonds. The number of piperazine rings is 1. The van der Waals surface area contributed by atoms with Crippen molar-refractivity contribution in [1.29, 1.82) is 0 Å². The van der Waals surface area contributed by atoms with Crippen LogP contribution in [-0.4, -0.2) is 53.5 Å². The van der Waals surface area contributed by atoms with Gasteiger partial charge in [-0.3, -0.25) is 9.69 Å². The molecule has 148 valence electrons. The van der Waals surface area contributed by atoms with Crippen LogP contribution in [0.5, 0.6) is 0 Å². The van der Waals surface area contributed by atoms with Crippen LogP contribution in [-0.2, 0) is 4.79 Å². The molecule has 2 aromatic carbocycles. The van der Waals surface area contributed by atoms with Gasteiger partial charge in [0.15, 0.2) is 5.11 Å². The van der Waals surface area contributed by atoms with E-state index in [0.29, 0.717) is 11.7 Å². The van der Waals surface area contributed by atoms with E-state index in [1.807, 2.05) is 32.0 Å². The molecule has 1 heterocycles. The summed E-state index contributed by atoms with van der Waals surface area (Å²) in [4.78, 5) is 16.6. The van der Waals surface area contributed by atoms with Crippen LogP contribution in [0.2, 0.25) is 0 Å². The number of nitrogens with zero attached hydrogens (tertiary/aromatic N) is 2. The molecule has 1 aliphatic rings. The molecule has 0 atom stereocenters. The highest BCUT2D eigenvalue weighted by Gasteiger charge is 2.21. The molecule has 0 aliphatic carbocycles. The molecule has 0 saturated carbocycles. The van der Waals surface area contributed by atoms with Gasteiger partial charge in [-0.15, -0.1) is 0 Å². The Kier molecular flexibility index (Phi) is 6.59. The number of nitrogens with one attached hydrogen (secondary N) is 2. The van der Waals surface area contributed by atoms with E-state index in [1.54, 1.807) is 12.1 Å². The molecule has 1 saturated heterocycles. The fourth-order valence-corrected chi connectivity index (χ4v) is 3.54. The first-order chi connectivity index (χ1) is 13.4. The monoisotopic (exact) mass is 400 g/mol. The van der Waals surface area contributed by atoms with Crippen molar-refractivity contribution in [2.45, 2.75) is 13.8 Å². The molecular weight excluding hydrogens is 375 g/mol. The van der Waals surface area contributed by atoms with E-state index in [0.717, 1.165) is 48.7 Å². The van der Waals surface area contributed by atoms with Gasteiger partial charge in [-0.2, -0.15) is 0 Å². The number of anilines is 2. The Morgan fingerprint density at radius 2 is 1.61 bits per heavy atom. The number of carbonyl (C=O) groups excluding carboxylic acids is 1. The van der Waals surface area contributed by atoms with Crippen molar-refractivity contribution < 1.29 is 9.18 Å².